The van der Waals surface area contributed by atoms with Gasteiger partial charge in [-0.05, 0) is 46.2 Å². The summed E-state index contributed by atoms with van der Waals surface area (Å²) in [5, 5.41) is 7.98. The van der Waals surface area contributed by atoms with E-state index in [1.165, 1.54) is 17.0 Å². The molecule has 1 heterocycles. The molecule has 0 aliphatic rings. The summed E-state index contributed by atoms with van der Waals surface area (Å²) < 4.78 is 2.11. The van der Waals surface area contributed by atoms with E-state index in [4.69, 9.17) is 0 Å². The molecule has 0 radical (unpaired) electrons. The highest BCUT2D eigenvalue weighted by molar-refractivity contribution is 5.15. The molecule has 1 rings (SSSR count). The molecule has 1 N–H and O–H groups in total. The fourth-order valence-corrected chi connectivity index (χ4v) is 2.02. The molecule has 0 amide bonds. The van der Waals surface area contributed by atoms with E-state index < -0.39 is 0 Å². The largest absolute Gasteiger partial charge is 0.312 e. The standard InChI is InChI=1S/C14H25N3/c1-6-12-10-14(17(7-2)16-12)13(15-5)9-8-11(3)4/h10,13,15H,3,6-9H2,1-2,4-5H3. The fraction of sp³-hybridized carbons (Fsp3) is 0.643. The van der Waals surface area contributed by atoms with Gasteiger partial charge in [-0.25, -0.2) is 0 Å². The van der Waals surface area contributed by atoms with Crippen LogP contribution in [0.1, 0.15) is 51.0 Å². The Morgan fingerprint density at radius 2 is 2.24 bits per heavy atom. The number of aryl methyl sites for hydroxylation is 2. The van der Waals surface area contributed by atoms with Gasteiger partial charge >= 0.3 is 0 Å². The average Bonchev–Trinajstić information content (AvgIpc) is 2.73. The van der Waals surface area contributed by atoms with E-state index in [1.54, 1.807) is 0 Å². The highest BCUT2D eigenvalue weighted by Crippen LogP contribution is 2.21. The summed E-state index contributed by atoms with van der Waals surface area (Å²) in [7, 11) is 2.02. The molecule has 0 saturated heterocycles. The van der Waals surface area contributed by atoms with E-state index >= 15 is 0 Å². The Morgan fingerprint density at radius 1 is 1.53 bits per heavy atom. The smallest absolute Gasteiger partial charge is 0.0625 e. The normalized spacial score (nSPS) is 12.7. The van der Waals surface area contributed by atoms with Gasteiger partial charge in [-0.2, -0.15) is 5.10 Å². The van der Waals surface area contributed by atoms with Crippen molar-refractivity contribution in [3.63, 3.8) is 0 Å². The quantitative estimate of drug-likeness (QED) is 0.736. The minimum atomic E-state index is 0.374. The van der Waals surface area contributed by atoms with E-state index in [0.717, 1.165) is 25.8 Å². The molecule has 17 heavy (non-hydrogen) atoms. The molecule has 0 bridgehead atoms. The molecular formula is C14H25N3. The maximum absolute atomic E-state index is 4.60. The third-order valence-electron chi connectivity index (χ3n) is 3.09. The second-order valence-corrected chi connectivity index (χ2v) is 4.57. The Balaban J connectivity index is 2.85. The topological polar surface area (TPSA) is 29.9 Å². The number of hydrogen-bond donors (Lipinski definition) is 1. The average molecular weight is 235 g/mol. The molecule has 0 aromatic carbocycles. The maximum atomic E-state index is 4.60. The molecule has 0 saturated carbocycles. The second-order valence-electron chi connectivity index (χ2n) is 4.57. The van der Waals surface area contributed by atoms with Crippen LogP contribution in [0.5, 0.6) is 0 Å². The van der Waals surface area contributed by atoms with Gasteiger partial charge in [0.15, 0.2) is 0 Å². The first-order chi connectivity index (χ1) is 8.12. The Morgan fingerprint density at radius 3 is 2.71 bits per heavy atom. The lowest BCUT2D eigenvalue weighted by atomic mass is 10.0. The van der Waals surface area contributed by atoms with Crippen LogP contribution in [-0.4, -0.2) is 16.8 Å². The minimum Gasteiger partial charge on any atom is -0.312 e. The highest BCUT2D eigenvalue weighted by atomic mass is 15.3. The summed E-state index contributed by atoms with van der Waals surface area (Å²) in [5.74, 6) is 0. The number of aromatic nitrogens is 2. The van der Waals surface area contributed by atoms with Crippen molar-refractivity contribution in [3.8, 4) is 0 Å². The molecular weight excluding hydrogens is 210 g/mol. The highest BCUT2D eigenvalue weighted by Gasteiger charge is 2.15. The van der Waals surface area contributed by atoms with Gasteiger partial charge in [0.05, 0.1) is 11.4 Å². The molecule has 1 aromatic heterocycles. The first kappa shape index (κ1) is 14.0. The van der Waals surface area contributed by atoms with Gasteiger partial charge in [-0.1, -0.05) is 12.5 Å². The van der Waals surface area contributed by atoms with E-state index in [2.05, 4.69) is 48.5 Å². The minimum absolute atomic E-state index is 0.374. The van der Waals surface area contributed by atoms with Crippen molar-refractivity contribution in [2.45, 2.75) is 52.6 Å². The monoisotopic (exact) mass is 235 g/mol. The number of nitrogens with one attached hydrogen (secondary N) is 1. The molecule has 1 aromatic rings. The molecule has 0 aliphatic carbocycles. The zero-order valence-corrected chi connectivity index (χ0v) is 11.6. The molecule has 3 heteroatoms. The van der Waals surface area contributed by atoms with Crippen LogP contribution < -0.4 is 5.32 Å². The van der Waals surface area contributed by atoms with Crippen molar-refractivity contribution in [1.29, 1.82) is 0 Å². The molecule has 0 fully saturated rings. The van der Waals surface area contributed by atoms with Crippen LogP contribution in [0.3, 0.4) is 0 Å². The predicted molar refractivity (Wildman–Crippen MR) is 73.1 cm³/mol. The fourth-order valence-electron chi connectivity index (χ4n) is 2.02. The lowest BCUT2D eigenvalue weighted by Gasteiger charge is -2.17. The van der Waals surface area contributed by atoms with Crippen molar-refractivity contribution in [2.24, 2.45) is 0 Å². The maximum Gasteiger partial charge on any atom is 0.0625 e. The summed E-state index contributed by atoms with van der Waals surface area (Å²) in [5.41, 5.74) is 3.72. The first-order valence-corrected chi connectivity index (χ1v) is 6.50. The van der Waals surface area contributed by atoms with Crippen molar-refractivity contribution in [3.05, 3.63) is 29.6 Å². The summed E-state index contributed by atoms with van der Waals surface area (Å²) in [6.07, 6.45) is 3.14. The third-order valence-corrected chi connectivity index (χ3v) is 3.09. The van der Waals surface area contributed by atoms with Crippen LogP contribution in [0, 0.1) is 0 Å². The zero-order chi connectivity index (χ0) is 12.8. The molecule has 3 nitrogen and oxygen atoms in total. The Bertz CT molecular complexity index is 366. The summed E-state index contributed by atoms with van der Waals surface area (Å²) in [4.78, 5) is 0. The van der Waals surface area contributed by atoms with Crippen molar-refractivity contribution < 1.29 is 0 Å². The molecule has 96 valence electrons. The van der Waals surface area contributed by atoms with Gasteiger partial charge in [0, 0.05) is 12.6 Å². The molecule has 0 spiro atoms. The number of allylic oxidation sites excluding steroid dienone is 1. The number of nitrogens with zero attached hydrogens (tertiary/aromatic N) is 2. The van der Waals surface area contributed by atoms with Crippen LogP contribution in [-0.2, 0) is 13.0 Å². The van der Waals surface area contributed by atoms with Gasteiger partial charge in [-0.15, -0.1) is 6.58 Å². The third kappa shape index (κ3) is 3.70. The van der Waals surface area contributed by atoms with Crippen LogP contribution in [0.2, 0.25) is 0 Å². The molecule has 1 atom stereocenters. The van der Waals surface area contributed by atoms with Gasteiger partial charge in [0.2, 0.25) is 0 Å². The first-order valence-electron chi connectivity index (χ1n) is 6.50. The lowest BCUT2D eigenvalue weighted by molar-refractivity contribution is 0.487. The predicted octanol–water partition coefficient (Wildman–Crippen LogP) is 3.08. The van der Waals surface area contributed by atoms with Gasteiger partial charge in [-0.3, -0.25) is 4.68 Å². The summed E-state index contributed by atoms with van der Waals surface area (Å²) in [6.45, 7) is 11.3. The van der Waals surface area contributed by atoms with Gasteiger partial charge < -0.3 is 5.32 Å². The van der Waals surface area contributed by atoms with Crippen molar-refractivity contribution in [1.82, 2.24) is 15.1 Å². The number of rotatable bonds is 7. The van der Waals surface area contributed by atoms with E-state index in [-0.39, 0.29) is 0 Å². The van der Waals surface area contributed by atoms with Crippen molar-refractivity contribution in [2.75, 3.05) is 7.05 Å². The van der Waals surface area contributed by atoms with Gasteiger partial charge in [0.1, 0.15) is 0 Å². The Hall–Kier alpha value is -1.09. The Kier molecular flexibility index (Phi) is 5.42. The van der Waals surface area contributed by atoms with E-state index in [0.29, 0.717) is 6.04 Å². The lowest BCUT2D eigenvalue weighted by Crippen LogP contribution is -2.20. The SMILES string of the molecule is C=C(C)CCC(NC)c1cc(CC)nn1CC. The molecule has 0 aliphatic heterocycles. The second kappa shape index (κ2) is 6.60. The van der Waals surface area contributed by atoms with Crippen LogP contribution >= 0.6 is 0 Å². The Labute approximate surface area is 105 Å². The van der Waals surface area contributed by atoms with Gasteiger partial charge in [0.25, 0.3) is 0 Å². The summed E-state index contributed by atoms with van der Waals surface area (Å²) in [6, 6.07) is 2.60. The van der Waals surface area contributed by atoms with Crippen LogP contribution in [0.25, 0.3) is 0 Å². The van der Waals surface area contributed by atoms with Crippen LogP contribution in [0.4, 0.5) is 0 Å². The van der Waals surface area contributed by atoms with Crippen LogP contribution in [0.15, 0.2) is 18.2 Å². The molecule has 1 unspecified atom stereocenters. The van der Waals surface area contributed by atoms with E-state index in [9.17, 15) is 0 Å². The van der Waals surface area contributed by atoms with E-state index in [1.807, 2.05) is 7.05 Å². The van der Waals surface area contributed by atoms with Crippen molar-refractivity contribution >= 4 is 0 Å². The number of hydrogen-bond acceptors (Lipinski definition) is 2. The summed E-state index contributed by atoms with van der Waals surface area (Å²) >= 11 is 0. The zero-order valence-electron chi connectivity index (χ0n) is 11.6.